The van der Waals surface area contributed by atoms with Crippen LogP contribution < -0.4 is 15.0 Å². The van der Waals surface area contributed by atoms with Crippen molar-refractivity contribution in [3.8, 4) is 5.75 Å². The number of fused-ring (bicyclic) bond motifs is 1. The van der Waals surface area contributed by atoms with E-state index in [1.807, 2.05) is 45.0 Å². The maximum absolute atomic E-state index is 13.1. The van der Waals surface area contributed by atoms with Crippen molar-refractivity contribution < 1.29 is 14.3 Å². The average molecular weight is 412 g/mol. The lowest BCUT2D eigenvalue weighted by atomic mass is 10.0. The molecule has 0 saturated carbocycles. The van der Waals surface area contributed by atoms with Crippen LogP contribution in [0.1, 0.15) is 31.1 Å². The minimum atomic E-state index is -0.661. The van der Waals surface area contributed by atoms with E-state index in [-0.39, 0.29) is 17.7 Å². The molecule has 2 aromatic carbocycles. The first-order valence-electron chi connectivity index (χ1n) is 9.57. The number of ether oxygens (including phenoxy) is 1. The molecule has 2 amide bonds. The minimum absolute atomic E-state index is 0.0778. The zero-order valence-electron chi connectivity index (χ0n) is 17.0. The van der Waals surface area contributed by atoms with Crippen molar-refractivity contribution in [2.45, 2.75) is 26.8 Å². The zero-order chi connectivity index (χ0) is 21.0. The molecule has 152 valence electrons. The van der Waals surface area contributed by atoms with E-state index in [9.17, 15) is 9.59 Å². The molecule has 0 bridgehead atoms. The second-order valence-corrected chi connectivity index (χ2v) is 8.02. The Morgan fingerprint density at radius 1 is 1.14 bits per heavy atom. The predicted molar refractivity (Wildman–Crippen MR) is 117 cm³/mol. The molecular formula is C22H25N3O3S. The molecule has 1 atom stereocenters. The third-order valence-corrected chi connectivity index (χ3v) is 5.66. The average Bonchev–Trinajstić information content (AvgIpc) is 3.15. The zero-order valence-corrected chi connectivity index (χ0v) is 17.8. The number of hydrogen-bond acceptors (Lipinski definition) is 5. The number of nitrogens with zero attached hydrogens (tertiary/aromatic N) is 2. The maximum Gasteiger partial charge on any atom is 0.251 e. The number of rotatable bonds is 7. The van der Waals surface area contributed by atoms with Gasteiger partial charge in [-0.3, -0.25) is 14.5 Å². The summed E-state index contributed by atoms with van der Waals surface area (Å²) in [6, 6.07) is 14.0. The molecule has 0 radical (unpaired) electrons. The van der Waals surface area contributed by atoms with Crippen LogP contribution in [0.3, 0.4) is 0 Å². The summed E-state index contributed by atoms with van der Waals surface area (Å²) in [6.45, 7) is 6.29. The van der Waals surface area contributed by atoms with Crippen LogP contribution in [-0.4, -0.2) is 36.5 Å². The predicted octanol–water partition coefficient (Wildman–Crippen LogP) is 4.11. The van der Waals surface area contributed by atoms with Crippen LogP contribution in [0.2, 0.25) is 0 Å². The van der Waals surface area contributed by atoms with Crippen LogP contribution in [-0.2, 0) is 4.79 Å². The van der Waals surface area contributed by atoms with Gasteiger partial charge in [0.25, 0.3) is 11.8 Å². The summed E-state index contributed by atoms with van der Waals surface area (Å²) in [7, 11) is 1.69. The van der Waals surface area contributed by atoms with Crippen LogP contribution in [0.25, 0.3) is 10.2 Å². The second-order valence-electron chi connectivity index (χ2n) is 7.01. The number of anilines is 1. The van der Waals surface area contributed by atoms with Gasteiger partial charge in [0.05, 0.1) is 16.8 Å². The first-order chi connectivity index (χ1) is 13.9. The SMILES string of the molecule is CCOc1ccc(C(=O)NC(C(=O)N(C)c2nc3ccccc3s2)C(C)C)cc1. The highest BCUT2D eigenvalue weighted by Crippen LogP contribution is 2.28. The number of carbonyl (C=O) groups excluding carboxylic acids is 2. The van der Waals surface area contributed by atoms with E-state index >= 15 is 0 Å². The van der Waals surface area contributed by atoms with Gasteiger partial charge in [-0.05, 0) is 49.2 Å². The van der Waals surface area contributed by atoms with E-state index < -0.39 is 6.04 Å². The van der Waals surface area contributed by atoms with Gasteiger partial charge in [0.15, 0.2) is 5.13 Å². The molecule has 0 aliphatic heterocycles. The number of amides is 2. The molecule has 29 heavy (non-hydrogen) atoms. The number of benzene rings is 2. The van der Waals surface area contributed by atoms with Gasteiger partial charge in [0, 0.05) is 12.6 Å². The third-order valence-electron chi connectivity index (χ3n) is 4.55. The molecular weight excluding hydrogens is 386 g/mol. The first-order valence-corrected chi connectivity index (χ1v) is 10.4. The van der Waals surface area contributed by atoms with Crippen molar-refractivity contribution in [1.29, 1.82) is 0 Å². The van der Waals surface area contributed by atoms with Crippen LogP contribution in [0.4, 0.5) is 5.13 Å². The number of para-hydroxylation sites is 1. The van der Waals surface area contributed by atoms with Crippen molar-refractivity contribution in [1.82, 2.24) is 10.3 Å². The van der Waals surface area contributed by atoms with Crippen molar-refractivity contribution in [2.75, 3.05) is 18.6 Å². The summed E-state index contributed by atoms with van der Waals surface area (Å²) >= 11 is 1.45. The molecule has 6 nitrogen and oxygen atoms in total. The van der Waals surface area contributed by atoms with Gasteiger partial charge in [0.1, 0.15) is 11.8 Å². The lowest BCUT2D eigenvalue weighted by Crippen LogP contribution is -2.50. The van der Waals surface area contributed by atoms with E-state index in [0.29, 0.717) is 23.1 Å². The van der Waals surface area contributed by atoms with Crippen molar-refractivity contribution in [2.24, 2.45) is 5.92 Å². The van der Waals surface area contributed by atoms with Crippen molar-refractivity contribution >= 4 is 38.5 Å². The highest BCUT2D eigenvalue weighted by atomic mass is 32.1. The van der Waals surface area contributed by atoms with E-state index in [2.05, 4.69) is 10.3 Å². The Bertz CT molecular complexity index is 965. The Labute approximate surface area is 174 Å². The van der Waals surface area contributed by atoms with E-state index in [4.69, 9.17) is 4.74 Å². The highest BCUT2D eigenvalue weighted by Gasteiger charge is 2.29. The molecule has 1 aromatic heterocycles. The minimum Gasteiger partial charge on any atom is -0.494 e. The summed E-state index contributed by atoms with van der Waals surface area (Å²) < 4.78 is 6.42. The van der Waals surface area contributed by atoms with Crippen LogP contribution >= 0.6 is 11.3 Å². The standard InChI is InChI=1S/C22H25N3O3S/c1-5-28-16-12-10-15(11-13-16)20(26)24-19(14(2)3)21(27)25(4)22-23-17-8-6-7-9-18(17)29-22/h6-14,19H,5H2,1-4H3,(H,24,26). The third kappa shape index (κ3) is 4.74. The van der Waals surface area contributed by atoms with Gasteiger partial charge in [-0.2, -0.15) is 0 Å². The molecule has 1 N–H and O–H groups in total. The second kappa shape index (κ2) is 9.05. The molecule has 3 aromatic rings. The van der Waals surface area contributed by atoms with Crippen LogP contribution in [0.5, 0.6) is 5.75 Å². The molecule has 0 aliphatic rings. The summed E-state index contributed by atoms with van der Waals surface area (Å²) in [6.07, 6.45) is 0. The molecule has 1 unspecified atom stereocenters. The fourth-order valence-corrected chi connectivity index (χ4v) is 3.85. The van der Waals surface area contributed by atoms with E-state index in [1.165, 1.54) is 16.2 Å². The summed E-state index contributed by atoms with van der Waals surface area (Å²) in [5, 5.41) is 3.48. The Hall–Kier alpha value is -2.93. The van der Waals surface area contributed by atoms with E-state index in [1.54, 1.807) is 31.3 Å². The molecule has 0 aliphatic carbocycles. The summed E-state index contributed by atoms with van der Waals surface area (Å²) in [5.74, 6) is 0.137. The molecule has 7 heteroatoms. The fraction of sp³-hybridized carbons (Fsp3) is 0.318. The van der Waals surface area contributed by atoms with Gasteiger partial charge in [-0.15, -0.1) is 0 Å². The monoisotopic (exact) mass is 411 g/mol. The number of aromatic nitrogens is 1. The number of carbonyl (C=O) groups is 2. The van der Waals surface area contributed by atoms with Gasteiger partial charge in [-0.25, -0.2) is 4.98 Å². The summed E-state index contributed by atoms with van der Waals surface area (Å²) in [4.78, 5) is 31.9. The number of likely N-dealkylation sites (N-methyl/N-ethyl adjacent to an activating group) is 1. The normalized spacial score (nSPS) is 12.0. The highest BCUT2D eigenvalue weighted by molar-refractivity contribution is 7.22. The quantitative estimate of drug-likeness (QED) is 0.635. The van der Waals surface area contributed by atoms with Crippen LogP contribution in [0.15, 0.2) is 48.5 Å². The van der Waals surface area contributed by atoms with Crippen LogP contribution in [0, 0.1) is 5.92 Å². The van der Waals surface area contributed by atoms with Gasteiger partial charge in [-0.1, -0.05) is 37.3 Å². The fourth-order valence-electron chi connectivity index (χ4n) is 2.91. The largest absolute Gasteiger partial charge is 0.494 e. The van der Waals surface area contributed by atoms with Crippen molar-refractivity contribution in [3.05, 3.63) is 54.1 Å². The first kappa shape index (κ1) is 20.8. The smallest absolute Gasteiger partial charge is 0.251 e. The Morgan fingerprint density at radius 3 is 2.45 bits per heavy atom. The summed E-state index contributed by atoms with van der Waals surface area (Å²) in [5.41, 5.74) is 1.33. The number of hydrogen-bond donors (Lipinski definition) is 1. The Balaban J connectivity index is 1.75. The van der Waals surface area contributed by atoms with Gasteiger partial charge >= 0.3 is 0 Å². The lowest BCUT2D eigenvalue weighted by molar-refractivity contribution is -0.121. The number of nitrogens with one attached hydrogen (secondary N) is 1. The Kier molecular flexibility index (Phi) is 6.49. The molecule has 1 heterocycles. The Morgan fingerprint density at radius 2 is 1.83 bits per heavy atom. The van der Waals surface area contributed by atoms with E-state index in [0.717, 1.165) is 10.2 Å². The van der Waals surface area contributed by atoms with Gasteiger partial charge < -0.3 is 10.1 Å². The topological polar surface area (TPSA) is 71.5 Å². The van der Waals surface area contributed by atoms with Crippen molar-refractivity contribution in [3.63, 3.8) is 0 Å². The molecule has 0 spiro atoms. The lowest BCUT2D eigenvalue weighted by Gasteiger charge is -2.25. The molecule has 0 saturated heterocycles. The number of thiazole rings is 1. The molecule has 0 fully saturated rings. The molecule has 3 rings (SSSR count). The maximum atomic E-state index is 13.1. The van der Waals surface area contributed by atoms with Gasteiger partial charge in [0.2, 0.25) is 0 Å².